The van der Waals surface area contributed by atoms with Crippen molar-refractivity contribution in [1.82, 2.24) is 10.0 Å². The molecule has 0 saturated carbocycles. The molecule has 3 N–H and O–H groups in total. The Morgan fingerprint density at radius 3 is 2.48 bits per heavy atom. The molecule has 1 aromatic carbocycles. The van der Waals surface area contributed by atoms with Gasteiger partial charge < -0.3 is 15.2 Å². The van der Waals surface area contributed by atoms with Crippen LogP contribution in [0.4, 0.5) is 13.2 Å². The SMILES string of the molecule is COC(=O)C(CO)NS(=O)(=O)c1cccc(C(=O)NCC(F)(F)F)c1. The van der Waals surface area contributed by atoms with Crippen LogP contribution in [0.25, 0.3) is 0 Å². The summed E-state index contributed by atoms with van der Waals surface area (Å²) in [5.41, 5.74) is -0.328. The second-order valence-electron chi connectivity index (χ2n) is 4.71. The average Bonchev–Trinajstić information content (AvgIpc) is 2.56. The minimum Gasteiger partial charge on any atom is -0.468 e. The number of hydrogen-bond donors (Lipinski definition) is 3. The Hall–Kier alpha value is -2.18. The van der Waals surface area contributed by atoms with Gasteiger partial charge in [-0.2, -0.15) is 17.9 Å². The minimum atomic E-state index is -4.62. The number of nitrogens with one attached hydrogen (secondary N) is 2. The van der Waals surface area contributed by atoms with Gasteiger partial charge in [0.1, 0.15) is 12.6 Å². The Balaban J connectivity index is 2.99. The fourth-order valence-electron chi connectivity index (χ4n) is 1.64. The van der Waals surface area contributed by atoms with Gasteiger partial charge in [0.25, 0.3) is 5.91 Å². The number of amides is 1. The van der Waals surface area contributed by atoms with Crippen LogP contribution in [0.3, 0.4) is 0 Å². The summed E-state index contributed by atoms with van der Waals surface area (Å²) in [6.07, 6.45) is -4.62. The lowest BCUT2D eigenvalue weighted by atomic mass is 10.2. The quantitative estimate of drug-likeness (QED) is 0.560. The van der Waals surface area contributed by atoms with Crippen LogP contribution in [-0.4, -0.2) is 57.9 Å². The van der Waals surface area contributed by atoms with E-state index in [1.165, 1.54) is 0 Å². The molecule has 0 aromatic heterocycles. The second kappa shape index (κ2) is 8.27. The topological polar surface area (TPSA) is 122 Å². The maximum absolute atomic E-state index is 12.2. The molecule has 0 fully saturated rings. The third kappa shape index (κ3) is 6.32. The summed E-state index contributed by atoms with van der Waals surface area (Å²) in [5, 5.41) is 10.6. The lowest BCUT2D eigenvalue weighted by molar-refractivity contribution is -0.143. The van der Waals surface area contributed by atoms with Crippen LogP contribution in [0, 0.1) is 0 Å². The fraction of sp³-hybridized carbons (Fsp3) is 0.385. The second-order valence-corrected chi connectivity index (χ2v) is 6.42. The van der Waals surface area contributed by atoms with Crippen molar-refractivity contribution < 1.29 is 41.0 Å². The number of benzene rings is 1. The van der Waals surface area contributed by atoms with Crippen molar-refractivity contribution in [1.29, 1.82) is 0 Å². The molecular weight excluding hydrogens is 369 g/mol. The monoisotopic (exact) mass is 384 g/mol. The van der Waals surface area contributed by atoms with Crippen LogP contribution in [0.5, 0.6) is 0 Å². The number of carbonyl (C=O) groups is 2. The van der Waals surface area contributed by atoms with Crippen molar-refractivity contribution >= 4 is 21.9 Å². The predicted octanol–water partition coefficient (Wildman–Crippen LogP) is -0.209. The Kier molecular flexibility index (Phi) is 6.90. The summed E-state index contributed by atoms with van der Waals surface area (Å²) in [5.74, 6) is -2.16. The molecule has 8 nitrogen and oxygen atoms in total. The summed E-state index contributed by atoms with van der Waals surface area (Å²) >= 11 is 0. The third-order valence-corrected chi connectivity index (χ3v) is 4.29. The molecule has 140 valence electrons. The van der Waals surface area contributed by atoms with E-state index in [2.05, 4.69) is 4.74 Å². The van der Waals surface area contributed by atoms with E-state index in [1.54, 1.807) is 5.32 Å². The molecule has 12 heteroatoms. The Bertz CT molecular complexity index is 736. The van der Waals surface area contributed by atoms with E-state index in [9.17, 15) is 31.2 Å². The smallest absolute Gasteiger partial charge is 0.405 e. The molecule has 0 saturated heterocycles. The van der Waals surface area contributed by atoms with Crippen molar-refractivity contribution in [3.05, 3.63) is 29.8 Å². The van der Waals surface area contributed by atoms with Gasteiger partial charge in [-0.25, -0.2) is 8.42 Å². The lowest BCUT2D eigenvalue weighted by Crippen LogP contribution is -2.44. The minimum absolute atomic E-state index is 0.328. The number of rotatable bonds is 7. The first-order valence-electron chi connectivity index (χ1n) is 6.66. The van der Waals surface area contributed by atoms with Gasteiger partial charge in [0.2, 0.25) is 10.0 Å². The number of aliphatic hydroxyl groups excluding tert-OH is 1. The molecule has 1 unspecified atom stereocenters. The molecule has 1 rings (SSSR count). The number of hydrogen-bond acceptors (Lipinski definition) is 6. The highest BCUT2D eigenvalue weighted by Gasteiger charge is 2.29. The predicted molar refractivity (Wildman–Crippen MR) is 78.0 cm³/mol. The first kappa shape index (κ1) is 20.9. The highest BCUT2D eigenvalue weighted by molar-refractivity contribution is 7.89. The summed E-state index contributed by atoms with van der Waals surface area (Å²) in [6.45, 7) is -2.45. The number of alkyl halides is 3. The van der Waals surface area contributed by atoms with Crippen LogP contribution in [0.2, 0.25) is 0 Å². The van der Waals surface area contributed by atoms with Gasteiger partial charge in [-0.1, -0.05) is 6.07 Å². The number of carbonyl (C=O) groups excluding carboxylic acids is 2. The van der Waals surface area contributed by atoms with Crippen molar-refractivity contribution in [3.63, 3.8) is 0 Å². The van der Waals surface area contributed by atoms with E-state index in [1.807, 2.05) is 4.72 Å². The van der Waals surface area contributed by atoms with Crippen molar-refractivity contribution in [3.8, 4) is 0 Å². The molecule has 1 aromatic rings. The molecule has 0 radical (unpaired) electrons. The highest BCUT2D eigenvalue weighted by Crippen LogP contribution is 2.15. The normalized spacial score (nSPS) is 13.2. The number of aliphatic hydroxyl groups is 1. The van der Waals surface area contributed by atoms with Crippen LogP contribution in [-0.2, 0) is 19.6 Å². The van der Waals surface area contributed by atoms with Crippen LogP contribution in [0.15, 0.2) is 29.2 Å². The van der Waals surface area contributed by atoms with Gasteiger partial charge in [0.05, 0.1) is 18.6 Å². The standard InChI is InChI=1S/C13H15F3N2O6S/c1-24-12(21)10(6-19)18-25(22,23)9-4-2-3-8(5-9)11(20)17-7-13(14,15)16/h2-5,10,18-19H,6-7H2,1H3,(H,17,20). The zero-order valence-electron chi connectivity index (χ0n) is 12.8. The van der Waals surface area contributed by atoms with Gasteiger partial charge >= 0.3 is 12.1 Å². The Labute approximate surface area is 141 Å². The van der Waals surface area contributed by atoms with E-state index >= 15 is 0 Å². The van der Waals surface area contributed by atoms with Gasteiger partial charge in [0.15, 0.2) is 0 Å². The van der Waals surface area contributed by atoms with E-state index < -0.39 is 52.2 Å². The molecule has 0 bridgehead atoms. The first-order chi connectivity index (χ1) is 11.5. The summed E-state index contributed by atoms with van der Waals surface area (Å²) in [6, 6.07) is 2.59. The molecular formula is C13H15F3N2O6S. The molecule has 0 heterocycles. The molecule has 0 aliphatic carbocycles. The zero-order valence-corrected chi connectivity index (χ0v) is 13.6. The maximum atomic E-state index is 12.2. The van der Waals surface area contributed by atoms with E-state index in [-0.39, 0.29) is 5.56 Å². The van der Waals surface area contributed by atoms with Crippen LogP contribution < -0.4 is 10.0 Å². The number of ether oxygens (including phenoxy) is 1. The Morgan fingerprint density at radius 1 is 1.32 bits per heavy atom. The fourth-order valence-corrected chi connectivity index (χ4v) is 2.87. The highest BCUT2D eigenvalue weighted by atomic mass is 32.2. The number of halogens is 3. The summed E-state index contributed by atoms with van der Waals surface area (Å²) in [7, 11) is -3.35. The maximum Gasteiger partial charge on any atom is 0.405 e. The van der Waals surface area contributed by atoms with E-state index in [4.69, 9.17) is 5.11 Å². The van der Waals surface area contributed by atoms with Gasteiger partial charge in [0, 0.05) is 5.56 Å². The number of esters is 1. The molecule has 1 amide bonds. The molecule has 1 atom stereocenters. The van der Waals surface area contributed by atoms with Crippen LogP contribution >= 0.6 is 0 Å². The lowest BCUT2D eigenvalue weighted by Gasteiger charge is -2.14. The van der Waals surface area contributed by atoms with Gasteiger partial charge in [-0.05, 0) is 18.2 Å². The van der Waals surface area contributed by atoms with Crippen molar-refractivity contribution in [2.75, 3.05) is 20.3 Å². The van der Waals surface area contributed by atoms with Gasteiger partial charge in [-0.15, -0.1) is 0 Å². The van der Waals surface area contributed by atoms with Crippen molar-refractivity contribution in [2.24, 2.45) is 0 Å². The van der Waals surface area contributed by atoms with E-state index in [0.717, 1.165) is 31.4 Å². The Morgan fingerprint density at radius 2 is 1.96 bits per heavy atom. The van der Waals surface area contributed by atoms with Gasteiger partial charge in [-0.3, -0.25) is 9.59 Å². The van der Waals surface area contributed by atoms with E-state index in [0.29, 0.717) is 0 Å². The van der Waals surface area contributed by atoms with Crippen molar-refractivity contribution in [2.45, 2.75) is 17.1 Å². The van der Waals surface area contributed by atoms with Crippen LogP contribution in [0.1, 0.15) is 10.4 Å². The summed E-state index contributed by atoms with van der Waals surface area (Å²) < 4.78 is 66.8. The summed E-state index contributed by atoms with van der Waals surface area (Å²) in [4.78, 5) is 22.5. The number of methoxy groups -OCH3 is 1. The largest absolute Gasteiger partial charge is 0.468 e. The third-order valence-electron chi connectivity index (χ3n) is 2.82. The number of sulfonamides is 1. The average molecular weight is 384 g/mol. The zero-order chi connectivity index (χ0) is 19.3. The molecule has 0 aliphatic rings. The molecule has 0 aliphatic heterocycles. The molecule has 0 spiro atoms. The first-order valence-corrected chi connectivity index (χ1v) is 8.14. The molecule has 25 heavy (non-hydrogen) atoms.